The Morgan fingerprint density at radius 2 is 2.19 bits per heavy atom. The number of hydrogen-bond acceptors (Lipinski definition) is 5. The maximum Gasteiger partial charge on any atom is 0.129 e. The zero-order valence-corrected chi connectivity index (χ0v) is 15.4. The number of aromatic amines is 1. The molecule has 1 N–H and O–H groups in total. The predicted octanol–water partition coefficient (Wildman–Crippen LogP) is 3.39. The minimum atomic E-state index is 0.143. The van der Waals surface area contributed by atoms with Gasteiger partial charge in [-0.3, -0.25) is 5.10 Å². The van der Waals surface area contributed by atoms with Crippen molar-refractivity contribution in [2.24, 2.45) is 5.92 Å². The molecule has 4 fully saturated rings. The van der Waals surface area contributed by atoms with Gasteiger partial charge < -0.3 is 14.4 Å². The monoisotopic (exact) mass is 362 g/mol. The highest BCUT2D eigenvalue weighted by Gasteiger charge is 2.64. The van der Waals surface area contributed by atoms with Gasteiger partial charge in [0.05, 0.1) is 29.9 Å². The molecule has 6 heteroatoms. The first kappa shape index (κ1) is 15.5. The van der Waals surface area contributed by atoms with Gasteiger partial charge in [0.1, 0.15) is 17.3 Å². The van der Waals surface area contributed by atoms with Gasteiger partial charge in [-0.1, -0.05) is 0 Å². The SMILES string of the molecule is CC(C)Oc1ccc2[nH]nc(-c3ccnc(N4CC5CC6C(O5)C64)c3)c2c1. The van der Waals surface area contributed by atoms with Crippen molar-refractivity contribution in [3.8, 4) is 17.0 Å². The van der Waals surface area contributed by atoms with E-state index in [2.05, 4.69) is 32.2 Å². The fourth-order valence-electron chi connectivity index (χ4n) is 4.76. The first-order chi connectivity index (χ1) is 13.2. The van der Waals surface area contributed by atoms with Gasteiger partial charge in [0.25, 0.3) is 0 Å². The van der Waals surface area contributed by atoms with Crippen molar-refractivity contribution in [1.82, 2.24) is 15.2 Å². The van der Waals surface area contributed by atoms with Crippen LogP contribution in [0.3, 0.4) is 0 Å². The summed E-state index contributed by atoms with van der Waals surface area (Å²) in [7, 11) is 0. The molecule has 1 aromatic carbocycles. The van der Waals surface area contributed by atoms with Crippen molar-refractivity contribution in [3.05, 3.63) is 36.5 Å². The Hall–Kier alpha value is -2.60. The van der Waals surface area contributed by atoms with Gasteiger partial charge >= 0.3 is 0 Å². The number of fused-ring (bicyclic) bond motifs is 2. The van der Waals surface area contributed by atoms with E-state index in [0.717, 1.165) is 40.3 Å². The van der Waals surface area contributed by atoms with Gasteiger partial charge in [-0.05, 0) is 50.6 Å². The number of ether oxygens (including phenoxy) is 2. The molecule has 1 saturated carbocycles. The fourth-order valence-corrected chi connectivity index (χ4v) is 4.76. The first-order valence-corrected chi connectivity index (χ1v) is 9.71. The Balaban J connectivity index is 1.37. The Morgan fingerprint density at radius 1 is 1.26 bits per heavy atom. The number of pyridine rings is 1. The third-order valence-electron chi connectivity index (χ3n) is 5.92. The Labute approximate surface area is 157 Å². The molecule has 3 aliphatic heterocycles. The van der Waals surface area contributed by atoms with Gasteiger partial charge in [0.2, 0.25) is 0 Å². The zero-order valence-electron chi connectivity index (χ0n) is 15.4. The van der Waals surface area contributed by atoms with Crippen LogP contribution in [0.2, 0.25) is 0 Å². The summed E-state index contributed by atoms with van der Waals surface area (Å²) >= 11 is 0. The number of anilines is 1. The lowest BCUT2D eigenvalue weighted by atomic mass is 10.1. The molecule has 0 amide bonds. The number of nitrogens with zero attached hydrogens (tertiary/aromatic N) is 3. The van der Waals surface area contributed by atoms with E-state index in [9.17, 15) is 0 Å². The number of piperidine rings is 1. The minimum Gasteiger partial charge on any atom is -0.491 e. The molecule has 4 atom stereocenters. The zero-order chi connectivity index (χ0) is 18.1. The van der Waals surface area contributed by atoms with Crippen molar-refractivity contribution in [1.29, 1.82) is 0 Å². The number of H-pyrrole nitrogens is 1. The molecular formula is C21H22N4O2. The van der Waals surface area contributed by atoms with E-state index in [4.69, 9.17) is 9.47 Å². The molecule has 0 spiro atoms. The normalized spacial score (nSPS) is 28.2. The Morgan fingerprint density at radius 3 is 2.96 bits per heavy atom. The van der Waals surface area contributed by atoms with Crippen LogP contribution in [0.1, 0.15) is 20.3 Å². The van der Waals surface area contributed by atoms with Crippen molar-refractivity contribution >= 4 is 16.7 Å². The van der Waals surface area contributed by atoms with Crippen molar-refractivity contribution < 1.29 is 9.47 Å². The van der Waals surface area contributed by atoms with Crippen LogP contribution < -0.4 is 9.64 Å². The number of morpholine rings is 1. The lowest BCUT2D eigenvalue weighted by Gasteiger charge is -2.35. The molecule has 2 aromatic heterocycles. The molecule has 138 valence electrons. The molecule has 4 aliphatic rings. The van der Waals surface area contributed by atoms with Gasteiger partial charge in [0.15, 0.2) is 0 Å². The molecule has 6 nitrogen and oxygen atoms in total. The molecule has 0 radical (unpaired) electrons. The van der Waals surface area contributed by atoms with Gasteiger partial charge in [-0.2, -0.15) is 5.10 Å². The number of aromatic nitrogens is 3. The topological polar surface area (TPSA) is 63.3 Å². The van der Waals surface area contributed by atoms with Crippen molar-refractivity contribution in [2.45, 2.75) is 44.6 Å². The number of nitrogens with one attached hydrogen (secondary N) is 1. The van der Waals surface area contributed by atoms with Crippen molar-refractivity contribution in [3.63, 3.8) is 0 Å². The van der Waals surface area contributed by atoms with E-state index in [1.807, 2.05) is 38.2 Å². The van der Waals surface area contributed by atoms with Crippen LogP contribution in [-0.4, -0.2) is 46.1 Å². The van der Waals surface area contributed by atoms with Gasteiger partial charge in [-0.25, -0.2) is 4.98 Å². The first-order valence-electron chi connectivity index (χ1n) is 9.71. The third kappa shape index (κ3) is 2.36. The molecule has 3 aromatic rings. The van der Waals surface area contributed by atoms with E-state index < -0.39 is 0 Å². The van der Waals surface area contributed by atoms with Crippen LogP contribution in [0.4, 0.5) is 5.82 Å². The maximum atomic E-state index is 5.99. The van der Waals surface area contributed by atoms with Gasteiger partial charge in [-0.15, -0.1) is 0 Å². The van der Waals surface area contributed by atoms with E-state index >= 15 is 0 Å². The highest BCUT2D eigenvalue weighted by molar-refractivity contribution is 5.94. The molecule has 7 rings (SSSR count). The summed E-state index contributed by atoms with van der Waals surface area (Å²) in [5, 5.41) is 8.78. The second-order valence-electron chi connectivity index (χ2n) is 8.11. The molecule has 4 unspecified atom stereocenters. The predicted molar refractivity (Wildman–Crippen MR) is 103 cm³/mol. The summed E-state index contributed by atoms with van der Waals surface area (Å²) in [6, 6.07) is 10.8. The molecular weight excluding hydrogens is 340 g/mol. The Kier molecular flexibility index (Phi) is 3.12. The molecule has 3 saturated heterocycles. The van der Waals surface area contributed by atoms with Crippen LogP contribution in [-0.2, 0) is 4.74 Å². The standard InChI is InChI=1S/C21H22N4O2/c1-11(2)26-13-3-4-17-15(8-13)19(24-23-17)12-5-6-22-18(7-12)25-10-14-9-16-20(25)21(16)27-14/h3-8,11,14,16,20-21H,9-10H2,1-2H3,(H,23,24). The third-order valence-corrected chi connectivity index (χ3v) is 5.92. The highest BCUT2D eigenvalue weighted by Crippen LogP contribution is 2.54. The number of benzene rings is 1. The van der Waals surface area contributed by atoms with E-state index in [1.54, 1.807) is 0 Å². The number of hydrogen-bond donors (Lipinski definition) is 1. The Bertz CT molecular complexity index is 1020. The van der Waals surface area contributed by atoms with Crippen molar-refractivity contribution in [2.75, 3.05) is 11.4 Å². The summed E-state index contributed by atoms with van der Waals surface area (Å²) in [6.45, 7) is 5.02. The van der Waals surface area contributed by atoms with Crippen LogP contribution >= 0.6 is 0 Å². The summed E-state index contributed by atoms with van der Waals surface area (Å²) in [5.74, 6) is 2.60. The fraction of sp³-hybridized carbons (Fsp3) is 0.429. The van der Waals surface area contributed by atoms with Crippen LogP contribution in [0.5, 0.6) is 5.75 Å². The second-order valence-corrected chi connectivity index (χ2v) is 8.11. The summed E-state index contributed by atoms with van der Waals surface area (Å²) in [6.07, 6.45) is 4.05. The summed E-state index contributed by atoms with van der Waals surface area (Å²) < 4.78 is 11.9. The largest absolute Gasteiger partial charge is 0.491 e. The lowest BCUT2D eigenvalue weighted by molar-refractivity contribution is 0.0493. The molecule has 5 heterocycles. The maximum absolute atomic E-state index is 5.99. The molecule has 1 aliphatic carbocycles. The van der Waals surface area contributed by atoms with Crippen LogP contribution in [0, 0.1) is 5.92 Å². The molecule has 27 heavy (non-hydrogen) atoms. The van der Waals surface area contributed by atoms with E-state index in [-0.39, 0.29) is 6.10 Å². The summed E-state index contributed by atoms with van der Waals surface area (Å²) in [5.41, 5.74) is 3.02. The minimum absolute atomic E-state index is 0.143. The van der Waals surface area contributed by atoms with Crippen LogP contribution in [0.25, 0.3) is 22.2 Å². The smallest absolute Gasteiger partial charge is 0.129 e. The highest BCUT2D eigenvalue weighted by atomic mass is 16.5. The second kappa shape index (κ2) is 5.45. The van der Waals surface area contributed by atoms with E-state index in [0.29, 0.717) is 24.2 Å². The van der Waals surface area contributed by atoms with E-state index in [1.165, 1.54) is 6.42 Å². The van der Waals surface area contributed by atoms with Crippen LogP contribution in [0.15, 0.2) is 36.5 Å². The average Bonchev–Trinajstić information content (AvgIpc) is 3.03. The van der Waals surface area contributed by atoms with Gasteiger partial charge in [0, 0.05) is 29.6 Å². The number of rotatable bonds is 4. The molecule has 4 bridgehead atoms. The average molecular weight is 362 g/mol. The lowest BCUT2D eigenvalue weighted by Crippen LogP contribution is -2.45. The summed E-state index contributed by atoms with van der Waals surface area (Å²) in [4.78, 5) is 7.08. The quantitative estimate of drug-likeness (QED) is 0.771.